The SMILES string of the molecule is COCC(=O)Nc1cccc(NC(=O)NCC(=O)N(C)c2ccc(Cl)c(COc3cccn4c(Br)c(C)nc34)c2Cl)c1.Cl. The molecule has 43 heavy (non-hydrogen) atoms. The Morgan fingerprint density at radius 2 is 1.79 bits per heavy atom. The van der Waals surface area contributed by atoms with E-state index in [2.05, 4.69) is 36.9 Å². The molecule has 4 amide bonds. The number of halogens is 4. The van der Waals surface area contributed by atoms with Crippen LogP contribution in [0.5, 0.6) is 5.75 Å². The molecule has 11 nitrogen and oxygen atoms in total. The van der Waals surface area contributed by atoms with Gasteiger partial charge in [0.15, 0.2) is 11.4 Å². The van der Waals surface area contributed by atoms with E-state index < -0.39 is 11.9 Å². The summed E-state index contributed by atoms with van der Waals surface area (Å²) < 4.78 is 13.5. The van der Waals surface area contributed by atoms with Crippen molar-refractivity contribution >= 4 is 92.1 Å². The van der Waals surface area contributed by atoms with E-state index in [9.17, 15) is 14.4 Å². The van der Waals surface area contributed by atoms with Crippen LogP contribution < -0.4 is 25.6 Å². The zero-order valence-electron chi connectivity index (χ0n) is 23.2. The summed E-state index contributed by atoms with van der Waals surface area (Å²) >= 11 is 16.6. The van der Waals surface area contributed by atoms with E-state index in [-0.39, 0.29) is 43.1 Å². The van der Waals surface area contributed by atoms with Crippen LogP contribution in [0.2, 0.25) is 10.0 Å². The van der Waals surface area contributed by atoms with Gasteiger partial charge < -0.3 is 30.3 Å². The number of methoxy groups -OCH3 is 1. The molecule has 0 unspecified atom stereocenters. The number of carbonyl (C=O) groups is 3. The molecule has 228 valence electrons. The summed E-state index contributed by atoms with van der Waals surface area (Å²) in [7, 11) is 2.96. The number of likely N-dealkylation sites (N-methyl/N-ethyl adjacent to an activating group) is 1. The van der Waals surface area contributed by atoms with Crippen LogP contribution in [0, 0.1) is 6.92 Å². The molecule has 2 aromatic heterocycles. The van der Waals surface area contributed by atoms with Crippen LogP contribution in [0.4, 0.5) is 21.9 Å². The van der Waals surface area contributed by atoms with Crippen LogP contribution >= 0.6 is 51.5 Å². The lowest BCUT2D eigenvalue weighted by molar-refractivity contribution is -0.119. The summed E-state index contributed by atoms with van der Waals surface area (Å²) in [6.45, 7) is 1.50. The molecule has 3 N–H and O–H groups in total. The molecule has 0 aliphatic rings. The molecule has 4 rings (SSSR count). The van der Waals surface area contributed by atoms with Crippen LogP contribution in [0.25, 0.3) is 5.65 Å². The highest BCUT2D eigenvalue weighted by atomic mass is 79.9. The summed E-state index contributed by atoms with van der Waals surface area (Å²) in [4.78, 5) is 43.0. The number of pyridine rings is 1. The number of anilines is 3. The van der Waals surface area contributed by atoms with Gasteiger partial charge in [-0.25, -0.2) is 9.78 Å². The Kier molecular flexibility index (Phi) is 12.0. The molecule has 0 bridgehead atoms. The molecule has 0 radical (unpaired) electrons. The number of aromatic nitrogens is 2. The number of benzene rings is 2. The van der Waals surface area contributed by atoms with Crippen molar-refractivity contribution in [2.45, 2.75) is 13.5 Å². The van der Waals surface area contributed by atoms with Gasteiger partial charge in [-0.2, -0.15) is 0 Å². The monoisotopic (exact) mass is 712 g/mol. The number of imidazole rings is 1. The van der Waals surface area contributed by atoms with E-state index in [1.54, 1.807) is 49.5 Å². The second kappa shape index (κ2) is 15.3. The van der Waals surface area contributed by atoms with Crippen molar-refractivity contribution in [2.75, 3.05) is 42.8 Å². The summed E-state index contributed by atoms with van der Waals surface area (Å²) in [5.74, 6) is -0.224. The largest absolute Gasteiger partial charge is 0.485 e. The van der Waals surface area contributed by atoms with Crippen LogP contribution in [-0.4, -0.2) is 54.5 Å². The minimum Gasteiger partial charge on any atom is -0.485 e. The third-order valence-electron chi connectivity index (χ3n) is 6.07. The minimum absolute atomic E-state index is 0. The normalized spacial score (nSPS) is 10.6. The Morgan fingerprint density at radius 3 is 2.51 bits per heavy atom. The third-order valence-corrected chi connectivity index (χ3v) is 7.80. The van der Waals surface area contributed by atoms with Crippen LogP contribution in [-0.2, 0) is 20.9 Å². The molecule has 2 aromatic carbocycles. The average molecular weight is 715 g/mol. The maximum absolute atomic E-state index is 12.9. The first-order chi connectivity index (χ1) is 20.1. The van der Waals surface area contributed by atoms with Crippen molar-refractivity contribution in [2.24, 2.45) is 0 Å². The first-order valence-electron chi connectivity index (χ1n) is 12.5. The molecule has 0 spiro atoms. The number of urea groups is 1. The predicted octanol–water partition coefficient (Wildman–Crippen LogP) is 6.08. The number of nitrogens with one attached hydrogen (secondary N) is 3. The Balaban J connectivity index is 0.00000506. The van der Waals surface area contributed by atoms with Gasteiger partial charge in [0.1, 0.15) is 17.8 Å². The lowest BCUT2D eigenvalue weighted by atomic mass is 10.2. The van der Waals surface area contributed by atoms with E-state index in [4.69, 9.17) is 32.7 Å². The number of carbonyl (C=O) groups excluding carboxylic acids is 3. The lowest BCUT2D eigenvalue weighted by Crippen LogP contribution is -2.40. The zero-order chi connectivity index (χ0) is 30.4. The molecule has 0 saturated carbocycles. The standard InChI is InChI=1S/C28H27BrCl2N6O5.ClH/c1-16-26(29)37-11-5-8-22(27(37)33-16)42-14-19-20(30)9-10-21(25(19)31)36(2)24(39)13-32-28(40)35-18-7-4-6-17(12-18)34-23(38)15-41-3;/h4-12H,13-15H2,1-3H3,(H,34,38)(H2,32,35,40);1H. The van der Waals surface area contributed by atoms with Gasteiger partial charge in [-0.05, 0) is 65.3 Å². The summed E-state index contributed by atoms with van der Waals surface area (Å²) in [5, 5.41) is 8.41. The molecule has 2 heterocycles. The van der Waals surface area contributed by atoms with E-state index >= 15 is 0 Å². The van der Waals surface area contributed by atoms with Gasteiger partial charge in [0.05, 0.1) is 22.9 Å². The van der Waals surface area contributed by atoms with Crippen molar-refractivity contribution < 1.29 is 23.9 Å². The van der Waals surface area contributed by atoms with Gasteiger partial charge in [0.2, 0.25) is 11.8 Å². The zero-order valence-corrected chi connectivity index (χ0v) is 27.2. The topological polar surface area (TPSA) is 126 Å². The van der Waals surface area contributed by atoms with Gasteiger partial charge in [0, 0.05) is 42.3 Å². The highest BCUT2D eigenvalue weighted by molar-refractivity contribution is 9.10. The quantitative estimate of drug-likeness (QED) is 0.183. The summed E-state index contributed by atoms with van der Waals surface area (Å²) in [5.41, 5.74) is 3.22. The Morgan fingerprint density at radius 1 is 1.07 bits per heavy atom. The fourth-order valence-corrected chi connectivity index (χ4v) is 4.93. The number of hydrogen-bond donors (Lipinski definition) is 3. The van der Waals surface area contributed by atoms with Gasteiger partial charge in [0.25, 0.3) is 0 Å². The molecule has 0 fully saturated rings. The second-order valence-electron chi connectivity index (χ2n) is 9.02. The first-order valence-corrected chi connectivity index (χ1v) is 14.1. The Hall–Kier alpha value is -3.55. The number of hydrogen-bond acceptors (Lipinski definition) is 6. The van der Waals surface area contributed by atoms with E-state index in [0.29, 0.717) is 39.0 Å². The van der Waals surface area contributed by atoms with Crippen LogP contribution in [0.1, 0.15) is 11.3 Å². The number of amides is 4. The average Bonchev–Trinajstić information content (AvgIpc) is 3.25. The fraction of sp³-hybridized carbons (Fsp3) is 0.214. The van der Waals surface area contributed by atoms with E-state index in [0.717, 1.165) is 10.3 Å². The highest BCUT2D eigenvalue weighted by Gasteiger charge is 2.20. The molecule has 15 heteroatoms. The molecular weight excluding hydrogens is 687 g/mol. The summed E-state index contributed by atoms with van der Waals surface area (Å²) in [6.07, 6.45) is 1.86. The Bertz CT molecular complexity index is 1650. The molecular formula is C28H28BrCl3N6O5. The molecule has 0 saturated heterocycles. The smallest absolute Gasteiger partial charge is 0.319 e. The van der Waals surface area contributed by atoms with E-state index in [1.165, 1.54) is 12.0 Å². The lowest BCUT2D eigenvalue weighted by Gasteiger charge is -2.21. The number of nitrogens with zero attached hydrogens (tertiary/aromatic N) is 3. The fourth-order valence-electron chi connectivity index (χ4n) is 3.95. The van der Waals surface area contributed by atoms with Gasteiger partial charge in [-0.15, -0.1) is 12.4 Å². The first kappa shape index (κ1) is 33.9. The van der Waals surface area contributed by atoms with Crippen molar-refractivity contribution in [1.82, 2.24) is 14.7 Å². The molecule has 4 aromatic rings. The van der Waals surface area contributed by atoms with Gasteiger partial charge >= 0.3 is 6.03 Å². The van der Waals surface area contributed by atoms with Crippen molar-refractivity contribution in [1.29, 1.82) is 0 Å². The highest BCUT2D eigenvalue weighted by Crippen LogP contribution is 2.35. The summed E-state index contributed by atoms with van der Waals surface area (Å²) in [6, 6.07) is 12.8. The van der Waals surface area contributed by atoms with Crippen molar-refractivity contribution in [3.8, 4) is 5.75 Å². The maximum atomic E-state index is 12.9. The number of fused-ring (bicyclic) bond motifs is 1. The van der Waals surface area contributed by atoms with Crippen LogP contribution in [0.15, 0.2) is 59.3 Å². The van der Waals surface area contributed by atoms with Crippen molar-refractivity contribution in [3.05, 3.63) is 80.6 Å². The second-order valence-corrected chi connectivity index (χ2v) is 10.6. The minimum atomic E-state index is -0.608. The number of rotatable bonds is 10. The maximum Gasteiger partial charge on any atom is 0.319 e. The van der Waals surface area contributed by atoms with Gasteiger partial charge in [-0.1, -0.05) is 29.3 Å². The third kappa shape index (κ3) is 8.30. The predicted molar refractivity (Wildman–Crippen MR) is 173 cm³/mol. The molecule has 0 aliphatic heterocycles. The Labute approximate surface area is 272 Å². The molecule has 0 atom stereocenters. The number of ether oxygens (including phenoxy) is 2. The van der Waals surface area contributed by atoms with Gasteiger partial charge in [-0.3, -0.25) is 14.0 Å². The van der Waals surface area contributed by atoms with E-state index in [1.807, 2.05) is 23.6 Å². The molecule has 0 aliphatic carbocycles. The number of aryl methyl sites for hydroxylation is 1. The van der Waals surface area contributed by atoms with Crippen molar-refractivity contribution in [3.63, 3.8) is 0 Å². The van der Waals surface area contributed by atoms with Crippen LogP contribution in [0.3, 0.4) is 0 Å².